The molecule has 3 aromatic rings. The topological polar surface area (TPSA) is 60.0 Å². The van der Waals surface area contributed by atoms with Gasteiger partial charge in [0, 0.05) is 12.6 Å². The van der Waals surface area contributed by atoms with E-state index >= 15 is 0 Å². The van der Waals surface area contributed by atoms with Gasteiger partial charge < -0.3 is 24.6 Å². The van der Waals surface area contributed by atoms with Crippen LogP contribution in [0.1, 0.15) is 29.5 Å². The smallest absolute Gasteiger partial charge is 0.143 e. The van der Waals surface area contributed by atoms with Gasteiger partial charge in [0.1, 0.15) is 17.1 Å². The zero-order valence-corrected chi connectivity index (χ0v) is 18.7. The fraction of sp³-hybridized carbons (Fsp3) is 0.333. The summed E-state index contributed by atoms with van der Waals surface area (Å²) in [6.07, 6.45) is 1.37. The molecule has 1 saturated heterocycles. The van der Waals surface area contributed by atoms with E-state index in [2.05, 4.69) is 41.7 Å². The van der Waals surface area contributed by atoms with E-state index in [4.69, 9.17) is 14.2 Å². The lowest BCUT2D eigenvalue weighted by Gasteiger charge is -2.38. The second-order valence-electron chi connectivity index (χ2n) is 8.15. The van der Waals surface area contributed by atoms with Crippen LogP contribution in [0.25, 0.3) is 0 Å². The van der Waals surface area contributed by atoms with Crippen molar-refractivity contribution in [1.82, 2.24) is 5.32 Å². The average Bonchev–Trinajstić information content (AvgIpc) is 2.87. The van der Waals surface area contributed by atoms with Crippen molar-refractivity contribution < 1.29 is 19.3 Å². The Labute approximate surface area is 190 Å². The van der Waals surface area contributed by atoms with Crippen LogP contribution in [0.4, 0.5) is 0 Å². The lowest BCUT2D eigenvalue weighted by molar-refractivity contribution is -0.0102. The molecule has 5 nitrogen and oxygen atoms in total. The van der Waals surface area contributed by atoms with Gasteiger partial charge in [-0.05, 0) is 53.8 Å². The molecule has 0 aliphatic carbocycles. The van der Waals surface area contributed by atoms with Crippen LogP contribution in [0.15, 0.2) is 78.9 Å². The maximum absolute atomic E-state index is 9.86. The Hall–Kier alpha value is -2.86. The molecule has 0 saturated carbocycles. The Morgan fingerprint density at radius 1 is 0.781 bits per heavy atom. The highest BCUT2D eigenvalue weighted by Crippen LogP contribution is 2.41. The molecule has 1 aliphatic rings. The number of nitrogens with one attached hydrogen (secondary N) is 1. The van der Waals surface area contributed by atoms with E-state index in [0.29, 0.717) is 13.2 Å². The Kier molecular flexibility index (Phi) is 7.10. The van der Waals surface area contributed by atoms with Gasteiger partial charge in [0.15, 0.2) is 0 Å². The van der Waals surface area contributed by atoms with Crippen LogP contribution in [0.2, 0.25) is 0 Å². The van der Waals surface area contributed by atoms with Crippen LogP contribution in [-0.4, -0.2) is 44.6 Å². The minimum atomic E-state index is -0.808. The van der Waals surface area contributed by atoms with Gasteiger partial charge >= 0.3 is 0 Å². The zero-order valence-electron chi connectivity index (χ0n) is 18.7. The number of hydrogen-bond donors (Lipinski definition) is 2. The fourth-order valence-electron chi connectivity index (χ4n) is 4.34. The number of benzene rings is 3. The van der Waals surface area contributed by atoms with Gasteiger partial charge in [0.25, 0.3) is 0 Å². The molecule has 2 N–H and O–H groups in total. The molecule has 1 fully saturated rings. The third kappa shape index (κ3) is 4.65. The SMILES string of the molecule is COc1ccc(C(OC[C@H]2CC[C@@H](O)CN2)(c2ccccc2)c2ccc(OC)cc2)cc1. The molecule has 0 spiro atoms. The molecule has 1 aliphatic heterocycles. The molecule has 0 radical (unpaired) electrons. The number of aliphatic hydroxyl groups excluding tert-OH is 1. The van der Waals surface area contributed by atoms with Crippen molar-refractivity contribution in [3.63, 3.8) is 0 Å². The van der Waals surface area contributed by atoms with Gasteiger partial charge in [-0.1, -0.05) is 54.6 Å². The highest BCUT2D eigenvalue weighted by molar-refractivity contribution is 5.49. The van der Waals surface area contributed by atoms with Crippen molar-refractivity contribution in [3.8, 4) is 11.5 Å². The first-order valence-corrected chi connectivity index (χ1v) is 11.1. The van der Waals surface area contributed by atoms with Crippen LogP contribution in [0.3, 0.4) is 0 Å². The largest absolute Gasteiger partial charge is 0.497 e. The van der Waals surface area contributed by atoms with Crippen LogP contribution < -0.4 is 14.8 Å². The second-order valence-corrected chi connectivity index (χ2v) is 8.15. The molecule has 0 aromatic heterocycles. The number of β-amino-alcohol motifs (C(OH)–C–C–N with tert-alkyl or cyclic N) is 1. The van der Waals surface area contributed by atoms with Gasteiger partial charge in [0.2, 0.25) is 0 Å². The summed E-state index contributed by atoms with van der Waals surface area (Å²) in [5, 5.41) is 13.3. The van der Waals surface area contributed by atoms with Crippen LogP contribution in [0.5, 0.6) is 11.5 Å². The summed E-state index contributed by atoms with van der Waals surface area (Å²) in [5.41, 5.74) is 2.28. The summed E-state index contributed by atoms with van der Waals surface area (Å²) in [6, 6.07) is 26.6. The minimum Gasteiger partial charge on any atom is -0.497 e. The lowest BCUT2D eigenvalue weighted by atomic mass is 9.80. The number of hydrogen-bond acceptors (Lipinski definition) is 5. The summed E-state index contributed by atoms with van der Waals surface area (Å²) in [7, 11) is 3.34. The Morgan fingerprint density at radius 3 is 1.78 bits per heavy atom. The Morgan fingerprint density at radius 2 is 1.31 bits per heavy atom. The van der Waals surface area contributed by atoms with E-state index in [1.807, 2.05) is 42.5 Å². The number of rotatable bonds is 8. The normalized spacial score (nSPS) is 18.8. The molecule has 0 amide bonds. The molecular weight excluding hydrogens is 402 g/mol. The van der Waals surface area contributed by atoms with Gasteiger partial charge in [-0.3, -0.25) is 0 Å². The molecule has 3 aromatic carbocycles. The molecule has 168 valence electrons. The van der Waals surface area contributed by atoms with Gasteiger partial charge in [0.05, 0.1) is 26.9 Å². The summed E-state index contributed by atoms with van der Waals surface area (Å²) in [4.78, 5) is 0. The average molecular weight is 434 g/mol. The number of methoxy groups -OCH3 is 2. The predicted octanol–water partition coefficient (Wildman–Crippen LogP) is 4.13. The molecule has 2 atom stereocenters. The van der Waals surface area contributed by atoms with Gasteiger partial charge in [-0.25, -0.2) is 0 Å². The van der Waals surface area contributed by atoms with Crippen molar-refractivity contribution in [2.45, 2.75) is 30.6 Å². The van der Waals surface area contributed by atoms with E-state index < -0.39 is 5.60 Å². The summed E-state index contributed by atoms with van der Waals surface area (Å²) in [5.74, 6) is 1.60. The van der Waals surface area contributed by atoms with E-state index in [-0.39, 0.29) is 12.1 Å². The first-order valence-electron chi connectivity index (χ1n) is 11.1. The van der Waals surface area contributed by atoms with Gasteiger partial charge in [-0.15, -0.1) is 0 Å². The van der Waals surface area contributed by atoms with E-state index in [1.54, 1.807) is 14.2 Å². The van der Waals surface area contributed by atoms with Crippen LogP contribution in [-0.2, 0) is 10.3 Å². The standard InChI is InChI=1S/C27H31NO4/c1-30-25-14-8-21(9-15-25)27(20-6-4-3-5-7-20,22-10-16-26(31-2)17-11-22)32-19-23-12-13-24(29)18-28-23/h3-11,14-17,23-24,28-29H,12-13,18-19H2,1-2H3/t23-,24-/m1/s1. The third-order valence-electron chi connectivity index (χ3n) is 6.16. The maximum atomic E-state index is 9.86. The van der Waals surface area contributed by atoms with Crippen LogP contribution >= 0.6 is 0 Å². The third-order valence-corrected chi connectivity index (χ3v) is 6.16. The zero-order chi connectivity index (χ0) is 22.4. The van der Waals surface area contributed by atoms with Crippen molar-refractivity contribution in [2.24, 2.45) is 0 Å². The number of aliphatic hydroxyl groups is 1. The molecule has 1 heterocycles. The van der Waals surface area contributed by atoms with Gasteiger partial charge in [-0.2, -0.15) is 0 Å². The quantitative estimate of drug-likeness (QED) is 0.523. The Balaban J connectivity index is 1.80. The minimum absolute atomic E-state index is 0.179. The van der Waals surface area contributed by atoms with Crippen molar-refractivity contribution in [2.75, 3.05) is 27.4 Å². The van der Waals surface area contributed by atoms with Crippen LogP contribution in [0, 0.1) is 0 Å². The van der Waals surface area contributed by atoms with E-state index in [0.717, 1.165) is 41.0 Å². The lowest BCUT2D eigenvalue weighted by Crippen LogP contribution is -2.46. The highest BCUT2D eigenvalue weighted by atomic mass is 16.5. The first-order chi connectivity index (χ1) is 15.7. The van der Waals surface area contributed by atoms with E-state index in [9.17, 15) is 5.11 Å². The summed E-state index contributed by atoms with van der Waals surface area (Å²) < 4.78 is 17.7. The summed E-state index contributed by atoms with van der Waals surface area (Å²) >= 11 is 0. The first kappa shape index (κ1) is 22.3. The fourth-order valence-corrected chi connectivity index (χ4v) is 4.34. The highest BCUT2D eigenvalue weighted by Gasteiger charge is 2.38. The van der Waals surface area contributed by atoms with Crippen molar-refractivity contribution >= 4 is 0 Å². The number of ether oxygens (including phenoxy) is 3. The Bertz CT molecular complexity index is 917. The van der Waals surface area contributed by atoms with Crippen molar-refractivity contribution in [1.29, 1.82) is 0 Å². The second kappa shape index (κ2) is 10.2. The molecule has 4 rings (SSSR count). The monoisotopic (exact) mass is 433 g/mol. The molecule has 32 heavy (non-hydrogen) atoms. The number of piperidine rings is 1. The molecule has 0 unspecified atom stereocenters. The molecule has 5 heteroatoms. The maximum Gasteiger partial charge on any atom is 0.143 e. The summed E-state index contributed by atoms with van der Waals surface area (Å²) in [6.45, 7) is 1.11. The predicted molar refractivity (Wildman–Crippen MR) is 125 cm³/mol. The van der Waals surface area contributed by atoms with E-state index in [1.165, 1.54) is 0 Å². The van der Waals surface area contributed by atoms with Crippen molar-refractivity contribution in [3.05, 3.63) is 95.6 Å². The molecule has 0 bridgehead atoms. The molecular formula is C27H31NO4.